The minimum atomic E-state index is -0.529. The van der Waals surface area contributed by atoms with Crippen LogP contribution in [0.4, 0.5) is 16.3 Å². The molecule has 13 nitrogen and oxygen atoms in total. The van der Waals surface area contributed by atoms with Gasteiger partial charge in [-0.15, -0.1) is 0 Å². The smallest absolute Gasteiger partial charge is 0.328 e. The summed E-state index contributed by atoms with van der Waals surface area (Å²) >= 11 is 6.42. The Hall–Kier alpha value is -5.66. The number of carbonyl (C=O) groups is 4. The summed E-state index contributed by atoms with van der Waals surface area (Å²) < 4.78 is 2.01. The molecule has 5 aromatic rings. The highest BCUT2D eigenvalue weighted by Gasteiger charge is 2.39. The number of benzene rings is 1. The molecule has 3 fully saturated rings. The molecule has 0 atom stereocenters. The number of hydrogen-bond donors (Lipinski definition) is 2. The van der Waals surface area contributed by atoms with Gasteiger partial charge in [-0.05, 0) is 92.2 Å². The number of fused-ring (bicyclic) bond motifs is 1. The first kappa shape index (κ1) is 36.3. The van der Waals surface area contributed by atoms with Crippen LogP contribution in [-0.2, 0) is 23.2 Å². The molecule has 7 heterocycles. The van der Waals surface area contributed by atoms with Gasteiger partial charge in [-0.25, -0.2) is 9.78 Å². The largest absolute Gasteiger partial charge is 0.349 e. The monoisotopic (exact) mass is 759 g/mol. The van der Waals surface area contributed by atoms with Gasteiger partial charge in [0.1, 0.15) is 5.82 Å². The first-order valence-electron chi connectivity index (χ1n) is 18.6. The van der Waals surface area contributed by atoms with Crippen LogP contribution in [0.2, 0.25) is 5.02 Å². The Morgan fingerprint density at radius 2 is 1.67 bits per heavy atom. The average Bonchev–Trinajstić information content (AvgIpc) is 3.51. The van der Waals surface area contributed by atoms with E-state index in [1.54, 1.807) is 30.6 Å². The summed E-state index contributed by atoms with van der Waals surface area (Å²) in [5.74, 6) is -0.0604. The number of aromatic nitrogens is 4. The van der Waals surface area contributed by atoms with Crippen molar-refractivity contribution in [2.24, 2.45) is 12.5 Å². The SMILES string of the molecule is CC(=O)Nc1cc2c(-c3cc(-c4ccc(CN5CCC6(CC5)CCN(C(=O)c5ccc(Cl)c(N7CCC(=O)NC7=O)c5)CC6)cn4)ccn3)cn(C)c2cn1. The predicted molar refractivity (Wildman–Crippen MR) is 211 cm³/mol. The standard InChI is InChI=1S/C41H42ClN9O4/c1-26(52)46-37-21-30-31(25-48(2)36(30)23-45-37)34-19-28(7-13-43-34)33-6-3-27(22-44-33)24-49-15-9-41(10-16-49)11-17-50(18-12-41)39(54)29-4-5-32(42)35(20-29)51-14-8-38(53)47-40(51)55/h3-7,13,19-23,25H,8-12,14-18,24H2,1-2H3,(H,45,46,52)(H,47,53,55). The van der Waals surface area contributed by atoms with E-state index >= 15 is 0 Å². The fourth-order valence-corrected chi connectivity index (χ4v) is 8.33. The summed E-state index contributed by atoms with van der Waals surface area (Å²) in [6, 6.07) is 14.6. The summed E-state index contributed by atoms with van der Waals surface area (Å²) in [4.78, 5) is 69.0. The van der Waals surface area contributed by atoms with Crippen molar-refractivity contribution in [3.05, 3.63) is 89.5 Å². The highest BCUT2D eigenvalue weighted by molar-refractivity contribution is 6.34. The molecule has 0 aliphatic carbocycles. The minimum Gasteiger partial charge on any atom is -0.349 e. The Morgan fingerprint density at radius 1 is 0.891 bits per heavy atom. The minimum absolute atomic E-state index is 0.0685. The Morgan fingerprint density at radius 3 is 2.40 bits per heavy atom. The van der Waals surface area contributed by atoms with Crippen molar-refractivity contribution in [1.29, 1.82) is 0 Å². The molecule has 8 rings (SSSR count). The maximum absolute atomic E-state index is 13.6. The van der Waals surface area contributed by atoms with Crippen LogP contribution in [0.5, 0.6) is 0 Å². The number of piperidine rings is 2. The number of amides is 5. The van der Waals surface area contributed by atoms with Gasteiger partial charge in [0, 0.05) is 87.2 Å². The van der Waals surface area contributed by atoms with E-state index in [1.807, 2.05) is 47.1 Å². The number of likely N-dealkylation sites (tertiary alicyclic amines) is 2. The van der Waals surface area contributed by atoms with E-state index in [4.69, 9.17) is 16.6 Å². The van der Waals surface area contributed by atoms with Crippen LogP contribution in [0.3, 0.4) is 0 Å². The summed E-state index contributed by atoms with van der Waals surface area (Å²) in [6.07, 6.45) is 11.8. The second-order valence-electron chi connectivity index (χ2n) is 14.9. The third kappa shape index (κ3) is 7.54. The van der Waals surface area contributed by atoms with Crippen LogP contribution in [0.1, 0.15) is 54.9 Å². The Kier molecular flexibility index (Phi) is 9.82. The molecule has 1 spiro atoms. The fraction of sp³-hybridized carbons (Fsp3) is 0.341. The van der Waals surface area contributed by atoms with Gasteiger partial charge < -0.3 is 14.8 Å². The number of halogens is 1. The molecule has 55 heavy (non-hydrogen) atoms. The van der Waals surface area contributed by atoms with E-state index in [0.717, 1.165) is 84.3 Å². The zero-order valence-electron chi connectivity index (χ0n) is 30.8. The molecule has 2 N–H and O–H groups in total. The molecule has 282 valence electrons. The number of urea groups is 1. The lowest BCUT2D eigenvalue weighted by Gasteiger charge is -2.47. The van der Waals surface area contributed by atoms with Gasteiger partial charge in [-0.3, -0.25) is 39.5 Å². The topological polar surface area (TPSA) is 146 Å². The van der Waals surface area contributed by atoms with E-state index in [-0.39, 0.29) is 36.1 Å². The molecule has 0 saturated carbocycles. The number of nitrogens with one attached hydrogen (secondary N) is 2. The number of anilines is 2. The van der Waals surface area contributed by atoms with Gasteiger partial charge in [0.2, 0.25) is 11.8 Å². The highest BCUT2D eigenvalue weighted by Crippen LogP contribution is 2.42. The summed E-state index contributed by atoms with van der Waals surface area (Å²) in [6.45, 7) is 5.88. The zero-order chi connectivity index (χ0) is 38.3. The molecule has 4 aromatic heterocycles. The Balaban J connectivity index is 0.861. The Labute approximate surface area is 323 Å². The van der Waals surface area contributed by atoms with E-state index < -0.39 is 6.03 Å². The third-order valence-corrected chi connectivity index (χ3v) is 11.6. The second kappa shape index (κ2) is 14.9. The first-order chi connectivity index (χ1) is 26.5. The summed E-state index contributed by atoms with van der Waals surface area (Å²) in [7, 11) is 1.97. The van der Waals surface area contributed by atoms with Gasteiger partial charge in [0.15, 0.2) is 0 Å². The molecule has 0 bridgehead atoms. The lowest BCUT2D eigenvalue weighted by molar-refractivity contribution is -0.120. The number of aryl methyl sites for hydroxylation is 1. The van der Waals surface area contributed by atoms with Crippen LogP contribution in [0, 0.1) is 5.41 Å². The summed E-state index contributed by atoms with van der Waals surface area (Å²) in [5.41, 5.74) is 6.86. The molecule has 5 amide bonds. The molecule has 3 aliphatic rings. The quantitative estimate of drug-likeness (QED) is 0.198. The fourth-order valence-electron chi connectivity index (χ4n) is 8.11. The van der Waals surface area contributed by atoms with Crippen molar-refractivity contribution >= 4 is 57.8 Å². The summed E-state index contributed by atoms with van der Waals surface area (Å²) in [5, 5.41) is 6.40. The molecular weight excluding hydrogens is 718 g/mol. The maximum Gasteiger partial charge on any atom is 0.328 e. The van der Waals surface area contributed by atoms with Crippen molar-refractivity contribution < 1.29 is 19.2 Å². The van der Waals surface area contributed by atoms with Gasteiger partial charge in [0.25, 0.3) is 5.91 Å². The predicted octanol–water partition coefficient (Wildman–Crippen LogP) is 6.27. The average molecular weight is 760 g/mol. The lowest BCUT2D eigenvalue weighted by Crippen LogP contribution is -2.50. The van der Waals surface area contributed by atoms with Crippen LogP contribution in [0.15, 0.2) is 73.3 Å². The second-order valence-corrected chi connectivity index (χ2v) is 15.3. The first-order valence-corrected chi connectivity index (χ1v) is 19.0. The molecular formula is C41H42ClN9O4. The van der Waals surface area contributed by atoms with Gasteiger partial charge in [-0.1, -0.05) is 17.7 Å². The van der Waals surface area contributed by atoms with Crippen molar-refractivity contribution in [1.82, 2.24) is 34.6 Å². The van der Waals surface area contributed by atoms with Gasteiger partial charge in [0.05, 0.1) is 33.8 Å². The molecule has 1 aromatic carbocycles. The number of rotatable bonds is 7. The van der Waals surface area contributed by atoms with E-state index in [1.165, 1.54) is 11.8 Å². The van der Waals surface area contributed by atoms with Crippen LogP contribution in [-0.4, -0.2) is 85.8 Å². The number of imide groups is 1. The maximum atomic E-state index is 13.6. The van der Waals surface area contributed by atoms with Crippen molar-refractivity contribution in [2.45, 2.75) is 45.6 Å². The van der Waals surface area contributed by atoms with Crippen LogP contribution >= 0.6 is 11.6 Å². The zero-order valence-corrected chi connectivity index (χ0v) is 31.6. The molecule has 3 aliphatic heterocycles. The molecule has 3 saturated heterocycles. The van der Waals surface area contributed by atoms with Crippen LogP contribution in [0.25, 0.3) is 33.4 Å². The van der Waals surface area contributed by atoms with Crippen LogP contribution < -0.4 is 15.5 Å². The number of nitrogens with zero attached hydrogens (tertiary/aromatic N) is 7. The third-order valence-electron chi connectivity index (χ3n) is 11.3. The van der Waals surface area contributed by atoms with Crippen molar-refractivity contribution in [3.8, 4) is 22.5 Å². The Bertz CT molecular complexity index is 2310. The molecule has 0 unspecified atom stereocenters. The van der Waals surface area contributed by atoms with E-state index in [0.29, 0.717) is 35.2 Å². The molecule has 14 heteroatoms. The van der Waals surface area contributed by atoms with Gasteiger partial charge >= 0.3 is 6.03 Å². The van der Waals surface area contributed by atoms with Gasteiger partial charge in [-0.2, -0.15) is 0 Å². The number of carbonyl (C=O) groups excluding carboxylic acids is 4. The highest BCUT2D eigenvalue weighted by atomic mass is 35.5. The van der Waals surface area contributed by atoms with E-state index in [9.17, 15) is 19.2 Å². The number of hydrogen-bond acceptors (Lipinski definition) is 8. The number of pyridine rings is 3. The van der Waals surface area contributed by atoms with E-state index in [2.05, 4.69) is 37.6 Å². The molecule has 0 radical (unpaired) electrons. The van der Waals surface area contributed by atoms with Crippen molar-refractivity contribution in [3.63, 3.8) is 0 Å². The lowest BCUT2D eigenvalue weighted by atomic mass is 9.71. The van der Waals surface area contributed by atoms with Crippen molar-refractivity contribution in [2.75, 3.05) is 42.9 Å². The normalized spacial score (nSPS) is 17.4.